The Balaban J connectivity index is 2.52. The lowest BCUT2D eigenvalue weighted by atomic mass is 10.0. The second kappa shape index (κ2) is 5.17. The minimum atomic E-state index is -0.318. The van der Waals surface area contributed by atoms with Crippen LogP contribution in [0.25, 0.3) is 0 Å². The summed E-state index contributed by atoms with van der Waals surface area (Å²) in [4.78, 5) is 0. The van der Waals surface area contributed by atoms with E-state index in [0.29, 0.717) is 0 Å². The predicted molar refractivity (Wildman–Crippen MR) is 71.2 cm³/mol. The molecule has 1 unspecified atom stereocenters. The summed E-state index contributed by atoms with van der Waals surface area (Å²) in [5, 5.41) is 4.14. The Kier molecular flexibility index (Phi) is 3.79. The monoisotopic (exact) mass is 312 g/mol. The molecule has 1 heterocycles. The molecule has 0 radical (unpaired) electrons. The Morgan fingerprint density at radius 1 is 1.44 bits per heavy atom. The van der Waals surface area contributed by atoms with Gasteiger partial charge in [0.15, 0.2) is 0 Å². The van der Waals surface area contributed by atoms with Gasteiger partial charge < -0.3 is 0 Å². The van der Waals surface area contributed by atoms with Crippen molar-refractivity contribution in [2.24, 2.45) is 12.9 Å². The van der Waals surface area contributed by atoms with Crippen molar-refractivity contribution < 1.29 is 4.39 Å². The summed E-state index contributed by atoms with van der Waals surface area (Å²) in [6.07, 6.45) is 1.69. The van der Waals surface area contributed by atoms with Crippen LogP contribution in [0.4, 0.5) is 4.39 Å². The third-order valence-corrected chi connectivity index (χ3v) is 3.39. The van der Waals surface area contributed by atoms with Gasteiger partial charge in [-0.05, 0) is 46.1 Å². The van der Waals surface area contributed by atoms with Crippen LogP contribution in [-0.2, 0) is 7.05 Å². The van der Waals surface area contributed by atoms with Gasteiger partial charge in [0.1, 0.15) is 5.82 Å². The van der Waals surface area contributed by atoms with Crippen molar-refractivity contribution in [2.75, 3.05) is 0 Å². The molecule has 0 fully saturated rings. The van der Waals surface area contributed by atoms with Gasteiger partial charge in [-0.1, -0.05) is 6.07 Å². The molecule has 0 saturated heterocycles. The van der Waals surface area contributed by atoms with E-state index in [1.807, 2.05) is 20.0 Å². The largest absolute Gasteiger partial charge is 0.271 e. The molecule has 3 N–H and O–H groups in total. The van der Waals surface area contributed by atoms with Crippen LogP contribution in [0.3, 0.4) is 0 Å². The number of halogens is 2. The maximum atomic E-state index is 13.5. The fourth-order valence-electron chi connectivity index (χ4n) is 2.01. The van der Waals surface area contributed by atoms with Crippen LogP contribution in [0.5, 0.6) is 0 Å². The minimum absolute atomic E-state index is 0.274. The van der Waals surface area contributed by atoms with Gasteiger partial charge in [0.2, 0.25) is 0 Å². The van der Waals surface area contributed by atoms with E-state index in [2.05, 4.69) is 26.5 Å². The predicted octanol–water partition coefficient (Wildman–Crippen LogP) is 2.18. The van der Waals surface area contributed by atoms with Crippen LogP contribution >= 0.6 is 15.9 Å². The van der Waals surface area contributed by atoms with Gasteiger partial charge in [-0.2, -0.15) is 5.10 Å². The molecule has 1 aromatic heterocycles. The third kappa shape index (κ3) is 2.45. The summed E-state index contributed by atoms with van der Waals surface area (Å²) in [5.41, 5.74) is 5.16. The van der Waals surface area contributed by atoms with Crippen molar-refractivity contribution in [3.63, 3.8) is 0 Å². The summed E-state index contributed by atoms with van der Waals surface area (Å²) < 4.78 is 16.0. The molecular formula is C12H14BrFN4. The number of nitrogens with one attached hydrogen (secondary N) is 1. The van der Waals surface area contributed by atoms with E-state index >= 15 is 0 Å². The highest BCUT2D eigenvalue weighted by atomic mass is 79.9. The van der Waals surface area contributed by atoms with Crippen LogP contribution < -0.4 is 11.3 Å². The minimum Gasteiger partial charge on any atom is -0.271 e. The summed E-state index contributed by atoms with van der Waals surface area (Å²) in [6, 6.07) is 4.53. The van der Waals surface area contributed by atoms with Crippen LogP contribution in [0, 0.1) is 12.7 Å². The smallest absolute Gasteiger partial charge is 0.123 e. The zero-order valence-electron chi connectivity index (χ0n) is 10.1. The van der Waals surface area contributed by atoms with Crippen molar-refractivity contribution in [3.05, 3.63) is 51.5 Å². The number of hydrazine groups is 1. The van der Waals surface area contributed by atoms with E-state index in [0.717, 1.165) is 21.3 Å². The van der Waals surface area contributed by atoms with Crippen molar-refractivity contribution in [1.82, 2.24) is 15.2 Å². The molecular weight excluding hydrogens is 299 g/mol. The molecule has 18 heavy (non-hydrogen) atoms. The highest BCUT2D eigenvalue weighted by molar-refractivity contribution is 9.10. The number of aryl methyl sites for hydroxylation is 2. The highest BCUT2D eigenvalue weighted by Gasteiger charge is 2.20. The van der Waals surface area contributed by atoms with E-state index < -0.39 is 0 Å². The van der Waals surface area contributed by atoms with Gasteiger partial charge in [0.25, 0.3) is 0 Å². The third-order valence-electron chi connectivity index (χ3n) is 2.78. The lowest BCUT2D eigenvalue weighted by Crippen LogP contribution is -2.30. The van der Waals surface area contributed by atoms with Crippen molar-refractivity contribution in [1.29, 1.82) is 0 Å². The number of aromatic nitrogens is 2. The summed E-state index contributed by atoms with van der Waals surface area (Å²) >= 11 is 3.42. The Labute approximate surface area is 113 Å². The molecule has 6 heteroatoms. The van der Waals surface area contributed by atoms with Crippen molar-refractivity contribution in [2.45, 2.75) is 13.0 Å². The SMILES string of the molecule is Cc1cc(F)cc(C(NN)c2c(Br)cnn2C)c1. The van der Waals surface area contributed by atoms with E-state index in [4.69, 9.17) is 5.84 Å². The first-order valence-electron chi connectivity index (χ1n) is 5.43. The summed E-state index contributed by atoms with van der Waals surface area (Å²) in [5.74, 6) is 5.33. The molecule has 1 atom stereocenters. The van der Waals surface area contributed by atoms with E-state index in [9.17, 15) is 4.39 Å². The van der Waals surface area contributed by atoms with E-state index in [1.165, 1.54) is 12.1 Å². The van der Waals surface area contributed by atoms with Crippen molar-refractivity contribution >= 4 is 15.9 Å². The number of nitrogens with zero attached hydrogens (tertiary/aromatic N) is 2. The average molecular weight is 313 g/mol. The van der Waals surface area contributed by atoms with Crippen LogP contribution in [0.1, 0.15) is 22.9 Å². The number of benzene rings is 1. The van der Waals surface area contributed by atoms with Gasteiger partial charge in [-0.15, -0.1) is 0 Å². The zero-order chi connectivity index (χ0) is 13.3. The highest BCUT2D eigenvalue weighted by Crippen LogP contribution is 2.28. The fraction of sp³-hybridized carbons (Fsp3) is 0.250. The second-order valence-corrected chi connectivity index (χ2v) is 5.02. The maximum Gasteiger partial charge on any atom is 0.123 e. The van der Waals surface area contributed by atoms with Crippen LogP contribution in [-0.4, -0.2) is 9.78 Å². The molecule has 0 amide bonds. The molecule has 0 aliphatic rings. The molecule has 0 aliphatic carbocycles. The van der Waals surface area contributed by atoms with E-state index in [-0.39, 0.29) is 11.9 Å². The Morgan fingerprint density at radius 3 is 2.67 bits per heavy atom. The lowest BCUT2D eigenvalue weighted by Gasteiger charge is -2.18. The Hall–Kier alpha value is -1.24. The number of nitrogens with two attached hydrogens (primary N) is 1. The molecule has 4 nitrogen and oxygen atoms in total. The normalized spacial score (nSPS) is 12.7. The molecule has 1 aromatic carbocycles. The summed E-state index contributed by atoms with van der Waals surface area (Å²) in [6.45, 7) is 1.85. The molecule has 96 valence electrons. The standard InChI is InChI=1S/C12H14BrFN4/c1-7-3-8(5-9(14)4-7)11(17-15)12-10(13)6-16-18(12)2/h3-6,11,17H,15H2,1-2H3. The van der Waals surface area contributed by atoms with Gasteiger partial charge in [0, 0.05) is 7.05 Å². The topological polar surface area (TPSA) is 55.9 Å². The van der Waals surface area contributed by atoms with Gasteiger partial charge in [-0.25, -0.2) is 9.82 Å². The van der Waals surface area contributed by atoms with Gasteiger partial charge in [0.05, 0.1) is 22.4 Å². The first-order valence-corrected chi connectivity index (χ1v) is 6.23. The first kappa shape index (κ1) is 13.2. The lowest BCUT2D eigenvalue weighted by molar-refractivity contribution is 0.564. The van der Waals surface area contributed by atoms with Gasteiger partial charge >= 0.3 is 0 Å². The second-order valence-electron chi connectivity index (χ2n) is 4.16. The fourth-order valence-corrected chi connectivity index (χ4v) is 2.59. The molecule has 2 rings (SSSR count). The quantitative estimate of drug-likeness (QED) is 0.674. The number of hydrogen-bond acceptors (Lipinski definition) is 3. The molecule has 0 bridgehead atoms. The zero-order valence-corrected chi connectivity index (χ0v) is 11.7. The number of hydrogen-bond donors (Lipinski definition) is 2. The average Bonchev–Trinajstić information content (AvgIpc) is 2.61. The van der Waals surface area contributed by atoms with E-state index in [1.54, 1.807) is 10.9 Å². The molecule has 2 aromatic rings. The molecule has 0 spiro atoms. The van der Waals surface area contributed by atoms with Gasteiger partial charge in [-0.3, -0.25) is 10.5 Å². The number of rotatable bonds is 3. The molecule has 0 aliphatic heterocycles. The first-order chi connectivity index (χ1) is 8.52. The summed E-state index contributed by atoms with van der Waals surface area (Å²) in [7, 11) is 1.82. The Bertz CT molecular complexity index is 527. The van der Waals surface area contributed by atoms with Crippen molar-refractivity contribution in [3.8, 4) is 0 Å². The van der Waals surface area contributed by atoms with Crippen LogP contribution in [0.15, 0.2) is 28.9 Å². The Morgan fingerprint density at radius 2 is 2.17 bits per heavy atom. The maximum absolute atomic E-state index is 13.5. The molecule has 0 saturated carbocycles. The van der Waals surface area contributed by atoms with Crippen LogP contribution in [0.2, 0.25) is 0 Å².